The van der Waals surface area contributed by atoms with E-state index in [4.69, 9.17) is 5.73 Å². The van der Waals surface area contributed by atoms with E-state index in [2.05, 4.69) is 21.9 Å². The molecule has 0 bridgehead atoms. The van der Waals surface area contributed by atoms with Gasteiger partial charge in [-0.2, -0.15) is 0 Å². The first kappa shape index (κ1) is 12.7. The molecule has 0 aliphatic rings. The molecular formula is C13H19N5. The van der Waals surface area contributed by atoms with E-state index in [0.717, 1.165) is 28.5 Å². The second kappa shape index (κ2) is 4.86. The normalized spacial score (nSPS) is 12.7. The van der Waals surface area contributed by atoms with Gasteiger partial charge < -0.3 is 10.3 Å². The van der Waals surface area contributed by atoms with Crippen molar-refractivity contribution in [3.8, 4) is 11.5 Å². The zero-order chi connectivity index (χ0) is 13.3. The van der Waals surface area contributed by atoms with Crippen molar-refractivity contribution in [1.29, 1.82) is 0 Å². The number of hydrogen-bond acceptors (Lipinski definition) is 4. The van der Waals surface area contributed by atoms with Gasteiger partial charge in [0.1, 0.15) is 5.69 Å². The van der Waals surface area contributed by atoms with Crippen LogP contribution in [0.15, 0.2) is 12.5 Å². The lowest BCUT2D eigenvalue weighted by atomic mass is 9.98. The molecule has 0 amide bonds. The maximum absolute atomic E-state index is 5.73. The van der Waals surface area contributed by atoms with Crippen LogP contribution in [0.3, 0.4) is 0 Å². The molecule has 2 heterocycles. The molecule has 5 nitrogen and oxygen atoms in total. The van der Waals surface area contributed by atoms with Crippen molar-refractivity contribution in [3.63, 3.8) is 0 Å². The minimum Gasteiger partial charge on any atom is -0.331 e. The van der Waals surface area contributed by atoms with Gasteiger partial charge in [0.05, 0.1) is 12.5 Å². The zero-order valence-corrected chi connectivity index (χ0v) is 11.3. The first-order valence-corrected chi connectivity index (χ1v) is 6.06. The first-order valence-electron chi connectivity index (χ1n) is 6.06. The fraction of sp³-hybridized carbons (Fsp3) is 0.462. The summed E-state index contributed by atoms with van der Waals surface area (Å²) in [6.07, 6.45) is 3.53. The van der Waals surface area contributed by atoms with E-state index in [1.807, 2.05) is 25.5 Å². The van der Waals surface area contributed by atoms with Crippen molar-refractivity contribution in [1.82, 2.24) is 19.5 Å². The molecule has 0 aliphatic carbocycles. The van der Waals surface area contributed by atoms with Crippen LogP contribution in [0.2, 0.25) is 0 Å². The molecule has 0 aromatic carbocycles. The van der Waals surface area contributed by atoms with E-state index in [1.165, 1.54) is 0 Å². The molecule has 2 aromatic heterocycles. The van der Waals surface area contributed by atoms with Gasteiger partial charge in [0.2, 0.25) is 0 Å². The van der Waals surface area contributed by atoms with Crippen LogP contribution in [-0.2, 0) is 7.05 Å². The smallest absolute Gasteiger partial charge is 0.178 e. The van der Waals surface area contributed by atoms with Gasteiger partial charge in [0.15, 0.2) is 5.82 Å². The summed E-state index contributed by atoms with van der Waals surface area (Å²) in [4.78, 5) is 13.3. The third-order valence-corrected chi connectivity index (χ3v) is 3.22. The highest BCUT2D eigenvalue weighted by Gasteiger charge is 2.15. The fourth-order valence-corrected chi connectivity index (χ4v) is 2.24. The molecule has 2 N–H and O–H groups in total. The predicted octanol–water partition coefficient (Wildman–Crippen LogP) is 1.56. The average molecular weight is 245 g/mol. The minimum absolute atomic E-state index is 0.283. The Kier molecular flexibility index (Phi) is 3.43. The number of aromatic nitrogens is 4. The van der Waals surface area contributed by atoms with Gasteiger partial charge >= 0.3 is 0 Å². The lowest BCUT2D eigenvalue weighted by Crippen LogP contribution is -2.14. The van der Waals surface area contributed by atoms with Crippen LogP contribution in [-0.4, -0.2) is 26.1 Å². The highest BCUT2D eigenvalue weighted by molar-refractivity contribution is 5.50. The Morgan fingerprint density at radius 3 is 2.33 bits per heavy atom. The molecular weight excluding hydrogens is 226 g/mol. The highest BCUT2D eigenvalue weighted by atomic mass is 15.1. The highest BCUT2D eigenvalue weighted by Crippen LogP contribution is 2.23. The topological polar surface area (TPSA) is 69.6 Å². The molecule has 0 spiro atoms. The summed E-state index contributed by atoms with van der Waals surface area (Å²) in [7, 11) is 1.94. The predicted molar refractivity (Wildman–Crippen MR) is 71.2 cm³/mol. The average Bonchev–Trinajstić information content (AvgIpc) is 2.74. The van der Waals surface area contributed by atoms with E-state index in [0.29, 0.717) is 6.54 Å². The maximum Gasteiger partial charge on any atom is 0.178 e. The van der Waals surface area contributed by atoms with Crippen LogP contribution in [0.4, 0.5) is 0 Å². The first-order chi connectivity index (χ1) is 8.54. The lowest BCUT2D eigenvalue weighted by Gasteiger charge is -2.15. The Morgan fingerprint density at radius 1 is 1.28 bits per heavy atom. The molecule has 5 heteroatoms. The van der Waals surface area contributed by atoms with Crippen LogP contribution in [0.25, 0.3) is 11.5 Å². The van der Waals surface area contributed by atoms with Crippen molar-refractivity contribution in [2.45, 2.75) is 26.7 Å². The lowest BCUT2D eigenvalue weighted by molar-refractivity contribution is 0.742. The van der Waals surface area contributed by atoms with Crippen LogP contribution < -0.4 is 5.73 Å². The Bertz CT molecular complexity index is 535. The molecule has 0 aliphatic heterocycles. The largest absolute Gasteiger partial charge is 0.331 e. The van der Waals surface area contributed by atoms with E-state index in [1.54, 1.807) is 12.5 Å². The number of nitrogens with two attached hydrogens (primary N) is 1. The molecule has 96 valence electrons. The Balaban J connectivity index is 2.52. The minimum atomic E-state index is 0.283. The van der Waals surface area contributed by atoms with Crippen molar-refractivity contribution in [2.24, 2.45) is 12.8 Å². The van der Waals surface area contributed by atoms with Crippen molar-refractivity contribution >= 4 is 0 Å². The quantitative estimate of drug-likeness (QED) is 0.890. The maximum atomic E-state index is 5.73. The van der Waals surface area contributed by atoms with Gasteiger partial charge in [0.25, 0.3) is 0 Å². The summed E-state index contributed by atoms with van der Waals surface area (Å²) in [6.45, 7) is 6.73. The third kappa shape index (κ3) is 2.13. The van der Waals surface area contributed by atoms with Gasteiger partial charge in [-0.1, -0.05) is 6.92 Å². The third-order valence-electron chi connectivity index (χ3n) is 3.22. The number of aryl methyl sites for hydroxylation is 3. The monoisotopic (exact) mass is 245 g/mol. The van der Waals surface area contributed by atoms with Gasteiger partial charge in [-0.05, 0) is 31.9 Å². The SMILES string of the molecule is Cc1nc(-c2cncn2C)nc(C)c1C(C)CN. The van der Waals surface area contributed by atoms with Crippen LogP contribution in [0.5, 0.6) is 0 Å². The summed E-state index contributed by atoms with van der Waals surface area (Å²) in [5, 5.41) is 0. The summed E-state index contributed by atoms with van der Waals surface area (Å²) in [6, 6.07) is 0. The molecule has 2 aromatic rings. The van der Waals surface area contributed by atoms with E-state index >= 15 is 0 Å². The molecule has 0 fully saturated rings. The van der Waals surface area contributed by atoms with Crippen LogP contribution >= 0.6 is 0 Å². The zero-order valence-electron chi connectivity index (χ0n) is 11.3. The van der Waals surface area contributed by atoms with Crippen molar-refractivity contribution in [3.05, 3.63) is 29.5 Å². The molecule has 18 heavy (non-hydrogen) atoms. The van der Waals surface area contributed by atoms with Crippen LogP contribution in [0, 0.1) is 13.8 Å². The molecule has 2 rings (SSSR count). The molecule has 0 saturated heterocycles. The Morgan fingerprint density at radius 2 is 1.89 bits per heavy atom. The van der Waals surface area contributed by atoms with E-state index in [9.17, 15) is 0 Å². The van der Waals surface area contributed by atoms with Gasteiger partial charge in [-0.15, -0.1) is 0 Å². The number of hydrogen-bond donors (Lipinski definition) is 1. The van der Waals surface area contributed by atoms with E-state index in [-0.39, 0.29) is 5.92 Å². The van der Waals surface area contributed by atoms with Gasteiger partial charge in [-0.25, -0.2) is 15.0 Å². The second-order valence-electron chi connectivity index (χ2n) is 4.66. The Hall–Kier alpha value is -1.75. The van der Waals surface area contributed by atoms with Crippen molar-refractivity contribution in [2.75, 3.05) is 6.54 Å². The molecule has 0 radical (unpaired) electrons. The molecule has 0 saturated carbocycles. The van der Waals surface area contributed by atoms with E-state index < -0.39 is 0 Å². The van der Waals surface area contributed by atoms with Crippen molar-refractivity contribution < 1.29 is 0 Å². The second-order valence-corrected chi connectivity index (χ2v) is 4.66. The Labute approximate surface area is 107 Å². The number of nitrogens with zero attached hydrogens (tertiary/aromatic N) is 4. The fourth-order valence-electron chi connectivity index (χ4n) is 2.24. The number of rotatable bonds is 3. The summed E-state index contributed by atoms with van der Waals surface area (Å²) in [5.41, 5.74) is 9.80. The molecule has 1 unspecified atom stereocenters. The van der Waals surface area contributed by atoms with Crippen LogP contribution in [0.1, 0.15) is 29.8 Å². The van der Waals surface area contributed by atoms with Gasteiger partial charge in [0, 0.05) is 18.4 Å². The summed E-state index contributed by atoms with van der Waals surface area (Å²) < 4.78 is 1.92. The van der Waals surface area contributed by atoms with Gasteiger partial charge in [-0.3, -0.25) is 0 Å². The summed E-state index contributed by atoms with van der Waals surface area (Å²) >= 11 is 0. The standard InChI is InChI=1S/C13H19N5/c1-8(5-14)12-9(2)16-13(17-10(12)3)11-6-15-7-18(11)4/h6-8H,5,14H2,1-4H3. The molecule has 1 atom stereocenters. The number of imidazole rings is 1. The summed E-state index contributed by atoms with van der Waals surface area (Å²) in [5.74, 6) is 1.00.